The largest absolute Gasteiger partial charge is 0.342 e. The van der Waals surface area contributed by atoms with Crippen molar-refractivity contribution in [3.63, 3.8) is 0 Å². The van der Waals surface area contributed by atoms with E-state index in [1.807, 2.05) is 0 Å². The fourth-order valence-electron chi connectivity index (χ4n) is 4.74. The molecule has 2 heterocycles. The lowest BCUT2D eigenvalue weighted by atomic mass is 9.75. The Labute approximate surface area is 135 Å². The van der Waals surface area contributed by atoms with Crippen molar-refractivity contribution in [1.29, 1.82) is 0 Å². The van der Waals surface area contributed by atoms with E-state index in [4.69, 9.17) is 0 Å². The molecule has 2 aliphatic heterocycles. The second-order valence-electron chi connectivity index (χ2n) is 8.22. The lowest BCUT2D eigenvalue weighted by Crippen LogP contribution is -2.55. The van der Waals surface area contributed by atoms with E-state index in [0.717, 1.165) is 38.4 Å². The molecular weight excluding hydrogens is 274 g/mol. The molecule has 0 unspecified atom stereocenters. The molecule has 0 atom stereocenters. The van der Waals surface area contributed by atoms with E-state index >= 15 is 0 Å². The van der Waals surface area contributed by atoms with Crippen LogP contribution in [0.1, 0.15) is 45.4 Å². The fourth-order valence-corrected chi connectivity index (χ4v) is 4.74. The van der Waals surface area contributed by atoms with Crippen LogP contribution < -0.4 is 0 Å². The number of amides is 1. The first-order chi connectivity index (χ1) is 10.5. The number of hydrogen-bond donors (Lipinski definition) is 0. The Kier molecular flexibility index (Phi) is 4.79. The molecule has 1 spiro atoms. The lowest BCUT2D eigenvalue weighted by molar-refractivity contribution is -0.142. The third-order valence-electron chi connectivity index (χ3n) is 6.29. The predicted octanol–water partition coefficient (Wildman–Crippen LogP) is 2.05. The number of nitrogens with zero attached hydrogens (tertiary/aromatic N) is 3. The van der Waals surface area contributed by atoms with Crippen LogP contribution in [0, 0.1) is 11.8 Å². The van der Waals surface area contributed by atoms with E-state index < -0.39 is 0 Å². The van der Waals surface area contributed by atoms with Gasteiger partial charge in [-0.25, -0.2) is 0 Å². The van der Waals surface area contributed by atoms with E-state index in [2.05, 4.69) is 35.7 Å². The molecule has 2 saturated heterocycles. The van der Waals surface area contributed by atoms with E-state index in [9.17, 15) is 4.79 Å². The van der Waals surface area contributed by atoms with Crippen LogP contribution in [0.4, 0.5) is 0 Å². The summed E-state index contributed by atoms with van der Waals surface area (Å²) in [6.45, 7) is 7.81. The van der Waals surface area contributed by atoms with Gasteiger partial charge in [-0.2, -0.15) is 0 Å². The van der Waals surface area contributed by atoms with Gasteiger partial charge in [0, 0.05) is 37.6 Å². The minimum atomic E-state index is 0.345. The van der Waals surface area contributed by atoms with Gasteiger partial charge in [0.1, 0.15) is 0 Å². The molecule has 0 bridgehead atoms. The van der Waals surface area contributed by atoms with Crippen LogP contribution in [-0.2, 0) is 4.79 Å². The van der Waals surface area contributed by atoms with Gasteiger partial charge in [0.25, 0.3) is 0 Å². The summed E-state index contributed by atoms with van der Waals surface area (Å²) < 4.78 is 0. The van der Waals surface area contributed by atoms with Gasteiger partial charge in [-0.05, 0) is 65.1 Å². The minimum Gasteiger partial charge on any atom is -0.342 e. The summed E-state index contributed by atoms with van der Waals surface area (Å²) in [4.78, 5) is 19.7. The van der Waals surface area contributed by atoms with Crippen LogP contribution in [-0.4, -0.2) is 73.0 Å². The molecule has 3 aliphatic rings. The molecule has 1 aliphatic carbocycles. The van der Waals surface area contributed by atoms with Gasteiger partial charge in [-0.1, -0.05) is 6.92 Å². The summed E-state index contributed by atoms with van der Waals surface area (Å²) in [7, 11) is 4.31. The van der Waals surface area contributed by atoms with Crippen LogP contribution >= 0.6 is 0 Å². The van der Waals surface area contributed by atoms with Gasteiger partial charge in [0.15, 0.2) is 0 Å². The summed E-state index contributed by atoms with van der Waals surface area (Å²) in [6.07, 6.45) is 7.29. The van der Waals surface area contributed by atoms with Crippen LogP contribution in [0.5, 0.6) is 0 Å². The van der Waals surface area contributed by atoms with Crippen molar-refractivity contribution >= 4 is 5.91 Å². The highest BCUT2D eigenvalue weighted by Crippen LogP contribution is 2.40. The Morgan fingerprint density at radius 3 is 2.41 bits per heavy atom. The molecule has 0 aromatic rings. The van der Waals surface area contributed by atoms with E-state index in [1.54, 1.807) is 0 Å². The third kappa shape index (κ3) is 3.18. The van der Waals surface area contributed by atoms with Crippen LogP contribution in [0.25, 0.3) is 0 Å². The Morgan fingerprint density at radius 2 is 1.82 bits per heavy atom. The van der Waals surface area contributed by atoms with E-state index in [1.165, 1.54) is 38.8 Å². The maximum Gasteiger partial charge on any atom is 0.225 e. The first kappa shape index (κ1) is 16.3. The van der Waals surface area contributed by atoms with Crippen molar-refractivity contribution in [2.75, 3.05) is 46.8 Å². The zero-order valence-electron chi connectivity index (χ0n) is 14.7. The number of piperidine rings is 1. The molecule has 3 fully saturated rings. The molecule has 0 aromatic heterocycles. The third-order valence-corrected chi connectivity index (χ3v) is 6.29. The fraction of sp³-hybridized carbons (Fsp3) is 0.944. The second-order valence-corrected chi connectivity index (χ2v) is 8.22. The highest BCUT2D eigenvalue weighted by Gasteiger charge is 2.44. The average molecular weight is 307 g/mol. The maximum absolute atomic E-state index is 12.5. The molecule has 3 rings (SSSR count). The Morgan fingerprint density at radius 1 is 1.14 bits per heavy atom. The number of carbonyl (C=O) groups is 1. The van der Waals surface area contributed by atoms with Crippen molar-refractivity contribution in [2.45, 2.75) is 51.0 Å². The molecule has 1 amide bonds. The highest BCUT2D eigenvalue weighted by atomic mass is 16.2. The summed E-state index contributed by atoms with van der Waals surface area (Å²) in [5.74, 6) is 1.56. The normalized spacial score (nSPS) is 31.7. The number of rotatable bonds is 4. The zero-order chi connectivity index (χ0) is 15.7. The molecular formula is C18H33N3O. The molecule has 4 heteroatoms. The van der Waals surface area contributed by atoms with Crippen molar-refractivity contribution < 1.29 is 4.79 Å². The van der Waals surface area contributed by atoms with Gasteiger partial charge in [0.2, 0.25) is 5.91 Å². The lowest BCUT2D eigenvalue weighted by Gasteiger charge is -2.47. The first-order valence-corrected chi connectivity index (χ1v) is 9.19. The second kappa shape index (κ2) is 6.48. The van der Waals surface area contributed by atoms with Crippen molar-refractivity contribution in [3.05, 3.63) is 0 Å². The summed E-state index contributed by atoms with van der Waals surface area (Å²) in [5.41, 5.74) is 0.402. The highest BCUT2D eigenvalue weighted by molar-refractivity contribution is 5.79. The van der Waals surface area contributed by atoms with Crippen molar-refractivity contribution in [1.82, 2.24) is 14.7 Å². The maximum atomic E-state index is 12.5. The average Bonchev–Trinajstić information content (AvgIpc) is 2.84. The van der Waals surface area contributed by atoms with E-state index in [0.29, 0.717) is 17.4 Å². The van der Waals surface area contributed by atoms with Gasteiger partial charge in [-0.3, -0.25) is 9.69 Å². The predicted molar refractivity (Wildman–Crippen MR) is 89.8 cm³/mol. The van der Waals surface area contributed by atoms with Gasteiger partial charge < -0.3 is 9.80 Å². The molecule has 4 nitrogen and oxygen atoms in total. The summed E-state index contributed by atoms with van der Waals surface area (Å²) in [5, 5.41) is 0. The number of likely N-dealkylation sites (N-methyl/N-ethyl adjacent to an activating group) is 1. The number of hydrogen-bond acceptors (Lipinski definition) is 3. The van der Waals surface area contributed by atoms with Crippen molar-refractivity contribution in [2.24, 2.45) is 11.8 Å². The molecule has 0 N–H and O–H groups in total. The van der Waals surface area contributed by atoms with Crippen LogP contribution in [0.3, 0.4) is 0 Å². The van der Waals surface area contributed by atoms with Gasteiger partial charge in [0.05, 0.1) is 0 Å². The minimum absolute atomic E-state index is 0.345. The quantitative estimate of drug-likeness (QED) is 0.795. The first-order valence-electron chi connectivity index (χ1n) is 9.19. The zero-order valence-corrected chi connectivity index (χ0v) is 14.7. The molecule has 0 radical (unpaired) electrons. The van der Waals surface area contributed by atoms with Crippen LogP contribution in [0.15, 0.2) is 0 Å². The van der Waals surface area contributed by atoms with Gasteiger partial charge in [-0.15, -0.1) is 0 Å². The number of likely N-dealkylation sites (tertiary alicyclic amines) is 2. The topological polar surface area (TPSA) is 26.8 Å². The van der Waals surface area contributed by atoms with Crippen LogP contribution in [0.2, 0.25) is 0 Å². The van der Waals surface area contributed by atoms with Gasteiger partial charge >= 0.3 is 0 Å². The Hall–Kier alpha value is -0.610. The molecule has 126 valence electrons. The molecule has 22 heavy (non-hydrogen) atoms. The van der Waals surface area contributed by atoms with Crippen molar-refractivity contribution in [3.8, 4) is 0 Å². The van der Waals surface area contributed by atoms with E-state index in [-0.39, 0.29) is 0 Å². The monoisotopic (exact) mass is 307 g/mol. The molecule has 1 saturated carbocycles. The summed E-state index contributed by atoms with van der Waals surface area (Å²) in [6, 6.07) is 0. The SMILES string of the molecule is CC1CC(C(=O)N2CCC3(CCCN3CCN(C)C)CC2)C1. The Bertz CT molecular complexity index is 395. The summed E-state index contributed by atoms with van der Waals surface area (Å²) >= 11 is 0. The Balaban J connectivity index is 1.52. The number of carbonyl (C=O) groups excluding carboxylic acids is 1. The smallest absolute Gasteiger partial charge is 0.225 e. The standard InChI is InChI=1S/C18H33N3O/c1-15-13-16(14-15)17(22)20-9-6-18(7-10-20)5-4-8-21(18)12-11-19(2)3/h15-16H,4-14H2,1-3H3. The molecule has 0 aromatic carbocycles.